The lowest BCUT2D eigenvalue weighted by Gasteiger charge is -2.25. The number of likely N-dealkylation sites (tertiary alicyclic amines) is 1. The summed E-state index contributed by atoms with van der Waals surface area (Å²) >= 11 is 0. The highest BCUT2D eigenvalue weighted by Gasteiger charge is 2.41. The van der Waals surface area contributed by atoms with Gasteiger partial charge >= 0.3 is 0 Å². The van der Waals surface area contributed by atoms with E-state index in [9.17, 15) is 9.59 Å². The summed E-state index contributed by atoms with van der Waals surface area (Å²) in [5, 5.41) is 3.16. The van der Waals surface area contributed by atoms with Crippen molar-refractivity contribution in [2.45, 2.75) is 77.0 Å². The maximum absolute atomic E-state index is 12.5. The van der Waals surface area contributed by atoms with Crippen LogP contribution in [-0.4, -0.2) is 48.1 Å². The van der Waals surface area contributed by atoms with Crippen LogP contribution in [-0.2, 0) is 14.3 Å². The summed E-state index contributed by atoms with van der Waals surface area (Å²) in [5.41, 5.74) is 0. The summed E-state index contributed by atoms with van der Waals surface area (Å²) < 4.78 is 5.45. The minimum atomic E-state index is -0.350. The Morgan fingerprint density at radius 1 is 1.19 bits per heavy atom. The highest BCUT2D eigenvalue weighted by Crippen LogP contribution is 2.26. The number of carbonyl (C=O) groups excluding carboxylic acids is 2. The molecule has 1 atom stereocenters. The molecule has 0 aromatic rings. The number of hydrogen-bond donors (Lipinski definition) is 1. The quantitative estimate of drug-likeness (QED) is 0.462. The third kappa shape index (κ3) is 4.51. The zero-order valence-corrected chi connectivity index (χ0v) is 13.3. The summed E-state index contributed by atoms with van der Waals surface area (Å²) in [7, 11) is 0. The molecular formula is C16H28N2O3. The summed E-state index contributed by atoms with van der Waals surface area (Å²) in [6.45, 7) is 5.15. The summed E-state index contributed by atoms with van der Waals surface area (Å²) in [6.07, 6.45) is 7.14. The number of imide groups is 1. The van der Waals surface area contributed by atoms with Crippen LogP contribution in [0.4, 0.5) is 0 Å². The number of ether oxygens (including phenoxy) is 1. The Morgan fingerprint density at radius 2 is 1.86 bits per heavy atom. The zero-order chi connectivity index (χ0) is 15.2. The second-order valence-electron chi connectivity index (χ2n) is 6.38. The first-order valence-electron chi connectivity index (χ1n) is 8.30. The van der Waals surface area contributed by atoms with Gasteiger partial charge in [-0.05, 0) is 26.7 Å². The zero-order valence-electron chi connectivity index (χ0n) is 13.3. The molecule has 1 saturated carbocycles. The molecule has 0 aromatic carbocycles. The molecule has 120 valence electrons. The first-order chi connectivity index (χ1) is 10.1. The molecule has 21 heavy (non-hydrogen) atoms. The smallest absolute Gasteiger partial charge is 0.247 e. The molecule has 1 unspecified atom stereocenters. The second kappa shape index (κ2) is 7.90. The van der Waals surface area contributed by atoms with Gasteiger partial charge in [-0.3, -0.25) is 14.5 Å². The van der Waals surface area contributed by atoms with Gasteiger partial charge in [-0.25, -0.2) is 0 Å². The van der Waals surface area contributed by atoms with Gasteiger partial charge in [0.2, 0.25) is 11.8 Å². The van der Waals surface area contributed by atoms with Crippen LogP contribution in [0.3, 0.4) is 0 Å². The van der Waals surface area contributed by atoms with Crippen LogP contribution in [0.15, 0.2) is 0 Å². The third-order valence-electron chi connectivity index (χ3n) is 4.32. The fourth-order valence-electron chi connectivity index (χ4n) is 3.24. The Hall–Kier alpha value is -0.940. The van der Waals surface area contributed by atoms with Crippen LogP contribution in [0, 0.1) is 0 Å². The molecule has 1 N–H and O–H groups in total. The monoisotopic (exact) mass is 296 g/mol. The summed E-state index contributed by atoms with van der Waals surface area (Å²) in [6, 6.07) is -0.220. The van der Waals surface area contributed by atoms with E-state index in [1.54, 1.807) is 4.90 Å². The molecule has 0 spiro atoms. The van der Waals surface area contributed by atoms with Crippen molar-refractivity contribution in [1.82, 2.24) is 10.2 Å². The van der Waals surface area contributed by atoms with Gasteiger partial charge in [0.15, 0.2) is 0 Å². The van der Waals surface area contributed by atoms with Gasteiger partial charge in [-0.15, -0.1) is 0 Å². The third-order valence-corrected chi connectivity index (χ3v) is 4.32. The molecule has 2 aliphatic rings. The van der Waals surface area contributed by atoms with Gasteiger partial charge in [-0.1, -0.05) is 25.7 Å². The highest BCUT2D eigenvalue weighted by molar-refractivity contribution is 6.05. The van der Waals surface area contributed by atoms with E-state index in [0.29, 0.717) is 19.6 Å². The van der Waals surface area contributed by atoms with Crippen molar-refractivity contribution in [3.05, 3.63) is 0 Å². The summed E-state index contributed by atoms with van der Waals surface area (Å²) in [4.78, 5) is 26.2. The Morgan fingerprint density at radius 3 is 2.48 bits per heavy atom. The first kappa shape index (κ1) is 16.4. The molecular weight excluding hydrogens is 268 g/mol. The van der Waals surface area contributed by atoms with Crippen LogP contribution in [0.1, 0.15) is 58.8 Å². The molecule has 0 bridgehead atoms. The fourth-order valence-corrected chi connectivity index (χ4v) is 3.24. The van der Waals surface area contributed by atoms with Gasteiger partial charge in [0.05, 0.1) is 25.2 Å². The number of carbonyl (C=O) groups is 2. The maximum atomic E-state index is 12.5. The molecule has 1 saturated heterocycles. The molecule has 2 fully saturated rings. The predicted octanol–water partition coefficient (Wildman–Crippen LogP) is 1.85. The molecule has 0 aromatic heterocycles. The largest absolute Gasteiger partial charge is 0.377 e. The van der Waals surface area contributed by atoms with E-state index in [0.717, 1.165) is 25.7 Å². The van der Waals surface area contributed by atoms with Crippen LogP contribution < -0.4 is 5.32 Å². The Bertz CT molecular complexity index is 363. The molecule has 0 radical (unpaired) electrons. The second-order valence-corrected chi connectivity index (χ2v) is 6.38. The summed E-state index contributed by atoms with van der Waals surface area (Å²) in [5.74, 6) is -0.0365. The van der Waals surface area contributed by atoms with E-state index in [1.165, 1.54) is 12.8 Å². The molecule has 1 heterocycles. The lowest BCUT2D eigenvalue weighted by atomic mass is 10.1. The molecule has 1 aliphatic carbocycles. The van der Waals surface area contributed by atoms with Gasteiger partial charge in [0.25, 0.3) is 0 Å². The molecule has 1 aliphatic heterocycles. The fraction of sp³-hybridized carbons (Fsp3) is 0.875. The van der Waals surface area contributed by atoms with E-state index in [4.69, 9.17) is 4.74 Å². The van der Waals surface area contributed by atoms with Gasteiger partial charge in [0.1, 0.15) is 0 Å². The van der Waals surface area contributed by atoms with E-state index in [-0.39, 0.29) is 30.0 Å². The average Bonchev–Trinajstić information content (AvgIpc) is 2.63. The lowest BCUT2D eigenvalue weighted by molar-refractivity contribution is -0.141. The van der Waals surface area contributed by atoms with Crippen LogP contribution >= 0.6 is 0 Å². The van der Waals surface area contributed by atoms with E-state index < -0.39 is 0 Å². The Balaban J connectivity index is 1.84. The minimum absolute atomic E-state index is 0.00539. The van der Waals surface area contributed by atoms with Crippen LogP contribution in [0.5, 0.6) is 0 Å². The standard InChI is InChI=1S/C16H28N2O3/c1-12(2)21-10-9-17-14-11-15(19)18(16(14)20)13-7-5-3-4-6-8-13/h12-14,17H,3-11H2,1-2H3. The van der Waals surface area contributed by atoms with Gasteiger partial charge in [-0.2, -0.15) is 0 Å². The Labute approximate surface area is 127 Å². The van der Waals surface area contributed by atoms with Crippen molar-refractivity contribution < 1.29 is 14.3 Å². The number of rotatable bonds is 6. The number of nitrogens with one attached hydrogen (secondary N) is 1. The molecule has 5 heteroatoms. The van der Waals surface area contributed by atoms with Crippen molar-refractivity contribution in [1.29, 1.82) is 0 Å². The average molecular weight is 296 g/mol. The highest BCUT2D eigenvalue weighted by atomic mass is 16.5. The minimum Gasteiger partial charge on any atom is -0.377 e. The molecule has 2 amide bonds. The van der Waals surface area contributed by atoms with Crippen molar-refractivity contribution in [3.63, 3.8) is 0 Å². The predicted molar refractivity (Wildman–Crippen MR) is 80.8 cm³/mol. The number of amides is 2. The van der Waals surface area contributed by atoms with Crippen molar-refractivity contribution in [3.8, 4) is 0 Å². The van der Waals surface area contributed by atoms with Gasteiger partial charge < -0.3 is 10.1 Å². The normalized spacial score (nSPS) is 24.9. The van der Waals surface area contributed by atoms with Crippen LogP contribution in [0.25, 0.3) is 0 Å². The Kier molecular flexibility index (Phi) is 6.18. The van der Waals surface area contributed by atoms with Crippen LogP contribution in [0.2, 0.25) is 0 Å². The van der Waals surface area contributed by atoms with E-state index >= 15 is 0 Å². The van der Waals surface area contributed by atoms with Crippen molar-refractivity contribution >= 4 is 11.8 Å². The van der Waals surface area contributed by atoms with E-state index in [2.05, 4.69) is 5.32 Å². The SMILES string of the molecule is CC(C)OCCNC1CC(=O)N(C2CCCCCC2)C1=O. The molecule has 2 rings (SSSR count). The van der Waals surface area contributed by atoms with Crippen molar-refractivity contribution in [2.24, 2.45) is 0 Å². The maximum Gasteiger partial charge on any atom is 0.247 e. The number of nitrogens with zero attached hydrogens (tertiary/aromatic N) is 1. The topological polar surface area (TPSA) is 58.6 Å². The van der Waals surface area contributed by atoms with Crippen molar-refractivity contribution in [2.75, 3.05) is 13.2 Å². The number of hydrogen-bond acceptors (Lipinski definition) is 4. The van der Waals surface area contributed by atoms with E-state index in [1.807, 2.05) is 13.8 Å². The first-order valence-corrected chi connectivity index (χ1v) is 8.30. The van der Waals surface area contributed by atoms with Gasteiger partial charge in [0, 0.05) is 12.6 Å². The lowest BCUT2D eigenvalue weighted by Crippen LogP contribution is -2.44. The molecule has 5 nitrogen and oxygen atoms in total.